The van der Waals surface area contributed by atoms with Gasteiger partial charge in [-0.2, -0.15) is 0 Å². The van der Waals surface area contributed by atoms with Crippen molar-refractivity contribution in [1.29, 1.82) is 0 Å². The average molecular weight is 1430 g/mol. The van der Waals surface area contributed by atoms with Gasteiger partial charge >= 0.3 is 0 Å². The van der Waals surface area contributed by atoms with E-state index in [2.05, 4.69) is 403 Å². The van der Waals surface area contributed by atoms with Crippen LogP contribution >= 0.6 is 0 Å². The second-order valence-electron chi connectivity index (χ2n) is 28.9. The van der Waals surface area contributed by atoms with Crippen LogP contribution in [0.3, 0.4) is 0 Å². The number of para-hydroxylation sites is 3. The summed E-state index contributed by atoms with van der Waals surface area (Å²) in [5.74, 6) is 1.18. The van der Waals surface area contributed by atoms with Crippen LogP contribution in [0.5, 0.6) is 0 Å². The Hall–Kier alpha value is -14.9. The van der Waals surface area contributed by atoms with Crippen molar-refractivity contribution in [3.63, 3.8) is 0 Å². The standard InChI is InChI=1S/C104H68BN7/c1-9-31-69(32-10-1)79-57-80(70-33-11-2-12-34-70)60-84(59-79)110-97-51-29-26-48-89(97)105-90-49-27-30-52-98(90)111(85-61-81(71-35-13-3-14-36-71)58-82(62-85)72-37-15-4-16-38-72)101-66-83(65-100(110)102(101)105)77-54-56-96-88(63-77)86-47-25-28-50-95(86)112(96)99-64-78(103-106-91(73-39-17-5-18-40-73)67-92(107-103)74-41-19-6-20-42-74)53-55-87(99)104-108-93(75-43-21-7-22-44-75)68-94(109-104)76-45-23-8-24-46-76/h1-68H. The van der Waals surface area contributed by atoms with Crippen LogP contribution in [0.2, 0.25) is 0 Å². The lowest BCUT2D eigenvalue weighted by atomic mass is 9.33. The van der Waals surface area contributed by atoms with Gasteiger partial charge in [-0.1, -0.05) is 309 Å². The van der Waals surface area contributed by atoms with Crippen molar-refractivity contribution in [2.45, 2.75) is 0 Å². The quantitative estimate of drug-likeness (QED) is 0.101. The Balaban J connectivity index is 0.827. The fraction of sp³-hybridized carbons (Fsp3) is 0. The molecule has 0 fully saturated rings. The van der Waals surface area contributed by atoms with Gasteiger partial charge < -0.3 is 14.4 Å². The summed E-state index contributed by atoms with van der Waals surface area (Å²) in [6, 6.07) is 149. The van der Waals surface area contributed by atoms with E-state index in [-0.39, 0.29) is 6.71 Å². The summed E-state index contributed by atoms with van der Waals surface area (Å²) in [6.07, 6.45) is 0. The zero-order valence-corrected chi connectivity index (χ0v) is 61.0. The van der Waals surface area contributed by atoms with Crippen molar-refractivity contribution >= 4 is 79.0 Å². The van der Waals surface area contributed by atoms with Crippen LogP contribution in [0.25, 0.3) is 151 Å². The van der Waals surface area contributed by atoms with Gasteiger partial charge in [0.1, 0.15) is 0 Å². The van der Waals surface area contributed by atoms with Crippen LogP contribution in [0.15, 0.2) is 413 Å². The van der Waals surface area contributed by atoms with Gasteiger partial charge in [-0.05, 0) is 175 Å². The molecule has 0 saturated carbocycles. The molecule has 21 rings (SSSR count). The fourth-order valence-corrected chi connectivity index (χ4v) is 16.9. The SMILES string of the molecule is c1ccc(-c2cc(-c3ccccc3)cc(N3c4ccccc4B4c5ccccc5N(c5cc(-c6ccccc6)cc(-c6ccccc6)c5)c5cc(-c6ccc7c(c6)c6ccccc6n7-c6cc(-c7nc(-c8ccccc8)cc(-c8ccccc8)n7)ccc6-c6nc(-c7ccccc7)cc(-c7ccccc7)n6)cc3c54)c2)cc1. The highest BCUT2D eigenvalue weighted by molar-refractivity contribution is 7.00. The van der Waals surface area contributed by atoms with E-state index in [1.165, 1.54) is 16.4 Å². The molecular weight excluding hydrogens is 1360 g/mol. The van der Waals surface area contributed by atoms with Gasteiger partial charge in [0.05, 0.1) is 39.5 Å². The third kappa shape index (κ3) is 11.7. The molecule has 0 N–H and O–H groups in total. The molecule has 0 aliphatic carbocycles. The Bertz CT molecular complexity index is 6370. The van der Waals surface area contributed by atoms with Crippen molar-refractivity contribution in [2.24, 2.45) is 0 Å². The lowest BCUT2D eigenvalue weighted by molar-refractivity contribution is 1.13. The molecule has 5 heterocycles. The highest BCUT2D eigenvalue weighted by atomic mass is 15.2. The number of hydrogen-bond donors (Lipinski definition) is 0. The zero-order chi connectivity index (χ0) is 74.0. The molecule has 112 heavy (non-hydrogen) atoms. The Morgan fingerprint density at radius 3 is 0.946 bits per heavy atom. The van der Waals surface area contributed by atoms with Crippen LogP contribution in [0.4, 0.5) is 34.1 Å². The summed E-state index contributed by atoms with van der Waals surface area (Å²) in [4.78, 5) is 27.1. The molecule has 0 amide bonds. The van der Waals surface area contributed by atoms with Gasteiger partial charge in [-0.3, -0.25) is 0 Å². The number of fused-ring (bicyclic) bond motifs is 7. The molecule has 522 valence electrons. The second-order valence-corrected chi connectivity index (χ2v) is 28.9. The smallest absolute Gasteiger partial charge is 0.252 e. The molecule has 3 aromatic heterocycles. The second kappa shape index (κ2) is 27.7. The van der Waals surface area contributed by atoms with E-state index in [9.17, 15) is 0 Å². The summed E-state index contributed by atoms with van der Waals surface area (Å²) >= 11 is 0. The largest absolute Gasteiger partial charge is 0.311 e. The molecular formula is C104H68BN7. The Kier molecular flexibility index (Phi) is 16.2. The van der Waals surface area contributed by atoms with Crippen molar-refractivity contribution < 1.29 is 0 Å². The number of aromatic nitrogens is 5. The molecule has 0 spiro atoms. The first kappa shape index (κ1) is 65.4. The van der Waals surface area contributed by atoms with Gasteiger partial charge in [-0.15, -0.1) is 0 Å². The first-order valence-corrected chi connectivity index (χ1v) is 38.2. The molecule has 0 radical (unpaired) electrons. The summed E-state index contributed by atoms with van der Waals surface area (Å²) < 4.78 is 2.42. The topological polar surface area (TPSA) is 63.0 Å². The lowest BCUT2D eigenvalue weighted by Gasteiger charge is -2.44. The Morgan fingerprint density at radius 2 is 0.527 bits per heavy atom. The minimum atomic E-state index is -0.126. The molecule has 16 aromatic carbocycles. The normalized spacial score (nSPS) is 12.1. The maximum absolute atomic E-state index is 5.56. The predicted octanol–water partition coefficient (Wildman–Crippen LogP) is 24.8. The molecule has 7 nitrogen and oxygen atoms in total. The molecule has 2 aliphatic rings. The summed E-state index contributed by atoms with van der Waals surface area (Å²) in [5, 5.41) is 2.18. The van der Waals surface area contributed by atoms with Crippen LogP contribution in [0.1, 0.15) is 0 Å². The van der Waals surface area contributed by atoms with E-state index in [4.69, 9.17) is 19.9 Å². The summed E-state index contributed by atoms with van der Waals surface area (Å²) in [6.45, 7) is -0.126. The molecule has 8 heteroatoms. The molecule has 0 unspecified atom stereocenters. The third-order valence-electron chi connectivity index (χ3n) is 22.1. The number of anilines is 6. The van der Waals surface area contributed by atoms with Crippen LogP contribution in [-0.4, -0.2) is 31.2 Å². The number of nitrogens with zero attached hydrogens (tertiary/aromatic N) is 7. The summed E-state index contributed by atoms with van der Waals surface area (Å²) in [5.41, 5.74) is 33.4. The number of rotatable bonds is 14. The zero-order valence-electron chi connectivity index (χ0n) is 61.0. The van der Waals surface area contributed by atoms with Crippen LogP contribution in [0, 0.1) is 0 Å². The summed E-state index contributed by atoms with van der Waals surface area (Å²) in [7, 11) is 0. The van der Waals surface area contributed by atoms with E-state index >= 15 is 0 Å². The van der Waals surface area contributed by atoms with Crippen molar-refractivity contribution in [1.82, 2.24) is 24.5 Å². The highest BCUT2D eigenvalue weighted by Gasteiger charge is 2.44. The Morgan fingerprint density at radius 1 is 0.196 bits per heavy atom. The van der Waals surface area contributed by atoms with Gasteiger partial charge in [0.25, 0.3) is 6.71 Å². The predicted molar refractivity (Wildman–Crippen MR) is 466 cm³/mol. The van der Waals surface area contributed by atoms with Crippen molar-refractivity contribution in [2.75, 3.05) is 9.80 Å². The molecule has 0 atom stereocenters. The van der Waals surface area contributed by atoms with E-state index in [1.54, 1.807) is 0 Å². The number of hydrogen-bond acceptors (Lipinski definition) is 6. The Labute approximate surface area is 650 Å². The van der Waals surface area contributed by atoms with Crippen LogP contribution < -0.4 is 26.2 Å². The monoisotopic (exact) mass is 1430 g/mol. The maximum Gasteiger partial charge on any atom is 0.252 e. The molecule has 19 aromatic rings. The van der Waals surface area contributed by atoms with Gasteiger partial charge in [0, 0.05) is 78.3 Å². The van der Waals surface area contributed by atoms with E-state index < -0.39 is 0 Å². The molecule has 0 saturated heterocycles. The van der Waals surface area contributed by atoms with Crippen molar-refractivity contribution in [3.05, 3.63) is 413 Å². The maximum atomic E-state index is 5.56. The van der Waals surface area contributed by atoms with Gasteiger partial charge in [-0.25, -0.2) is 19.9 Å². The highest BCUT2D eigenvalue weighted by Crippen LogP contribution is 2.50. The van der Waals surface area contributed by atoms with Crippen molar-refractivity contribution in [3.8, 4) is 129 Å². The van der Waals surface area contributed by atoms with E-state index in [0.29, 0.717) is 11.6 Å². The minimum Gasteiger partial charge on any atom is -0.311 e. The molecule has 2 aliphatic heterocycles. The number of benzene rings is 16. The average Bonchev–Trinajstić information content (AvgIpc) is 0.807. The molecule has 0 bridgehead atoms. The van der Waals surface area contributed by atoms with Gasteiger partial charge in [0.15, 0.2) is 11.6 Å². The lowest BCUT2D eigenvalue weighted by Crippen LogP contribution is -2.61. The first-order chi connectivity index (χ1) is 55.5. The first-order valence-electron chi connectivity index (χ1n) is 38.2. The van der Waals surface area contributed by atoms with E-state index in [1.807, 2.05) is 24.3 Å². The third-order valence-corrected chi connectivity index (χ3v) is 22.1. The minimum absolute atomic E-state index is 0.126. The van der Waals surface area contributed by atoms with Gasteiger partial charge in [0.2, 0.25) is 0 Å². The van der Waals surface area contributed by atoms with E-state index in [0.717, 1.165) is 173 Å². The fourth-order valence-electron chi connectivity index (χ4n) is 16.9. The van der Waals surface area contributed by atoms with Crippen LogP contribution in [-0.2, 0) is 0 Å².